The maximum Gasteiger partial charge on any atom is 0.282 e. The smallest absolute Gasteiger partial charge is 0.275 e. The second kappa shape index (κ2) is 8.68. The Morgan fingerprint density at radius 2 is 1.96 bits per heavy atom. The van der Waals surface area contributed by atoms with Crippen molar-refractivity contribution in [2.45, 2.75) is 25.8 Å². The van der Waals surface area contributed by atoms with Gasteiger partial charge in [0.2, 0.25) is 0 Å². The zero-order valence-corrected chi connectivity index (χ0v) is 16.7. The molecule has 1 aromatic heterocycles. The van der Waals surface area contributed by atoms with Crippen molar-refractivity contribution in [3.63, 3.8) is 0 Å². The highest BCUT2D eigenvalue weighted by atomic mass is 35.5. The van der Waals surface area contributed by atoms with Crippen molar-refractivity contribution >= 4 is 40.7 Å². The van der Waals surface area contributed by atoms with Crippen LogP contribution in [-0.4, -0.2) is 33.9 Å². The Bertz CT molecular complexity index is 861. The van der Waals surface area contributed by atoms with E-state index in [9.17, 15) is 18.0 Å². The lowest BCUT2D eigenvalue weighted by Gasteiger charge is -2.27. The van der Waals surface area contributed by atoms with Crippen molar-refractivity contribution in [3.05, 3.63) is 50.0 Å². The number of hydrogen-bond donors (Lipinski definition) is 0. The van der Waals surface area contributed by atoms with Crippen molar-refractivity contribution in [1.29, 1.82) is 0 Å². The lowest BCUT2D eigenvalue weighted by atomic mass is 10.1. The Balaban J connectivity index is 2.33. The summed E-state index contributed by atoms with van der Waals surface area (Å²) in [6.07, 6.45) is -1.71. The first-order chi connectivity index (χ1) is 12.6. The van der Waals surface area contributed by atoms with Gasteiger partial charge in [0.15, 0.2) is 0 Å². The van der Waals surface area contributed by atoms with Crippen LogP contribution in [0.4, 0.5) is 13.2 Å². The van der Waals surface area contributed by atoms with Gasteiger partial charge >= 0.3 is 0 Å². The Kier molecular flexibility index (Phi) is 7.02. The number of carbonyl (C=O) groups is 1. The molecule has 0 aliphatic carbocycles. The minimum absolute atomic E-state index is 0.0203. The lowest BCUT2D eigenvalue weighted by Crippen LogP contribution is -2.39. The zero-order chi connectivity index (χ0) is 20.5. The van der Waals surface area contributed by atoms with Crippen molar-refractivity contribution < 1.29 is 22.8 Å². The molecule has 27 heavy (non-hydrogen) atoms. The maximum absolute atomic E-state index is 13.6. The summed E-state index contributed by atoms with van der Waals surface area (Å²) in [6, 6.07) is 0.317. The van der Waals surface area contributed by atoms with Crippen LogP contribution in [0.5, 0.6) is 0 Å². The van der Waals surface area contributed by atoms with Crippen LogP contribution in [0.2, 0.25) is 15.1 Å². The summed E-state index contributed by atoms with van der Waals surface area (Å²) in [7, 11) is 2.64. The number of hydrogen-bond acceptors (Lipinski definition) is 3. The van der Waals surface area contributed by atoms with Gasteiger partial charge in [-0.15, -0.1) is 0 Å². The second-order valence-electron chi connectivity index (χ2n) is 5.72. The molecule has 2 aromatic rings. The topological polar surface area (TPSA) is 47.4 Å². The van der Waals surface area contributed by atoms with Gasteiger partial charge in [-0.05, 0) is 25.0 Å². The largest absolute Gasteiger partial charge is 0.282 e. The standard InChI is InChI=1S/C16H15Cl3F3N3O2/c1-7(4-8-10(17)5-11(20)13(19)12(8)18)25(27-3)16(26)9-6-24(2)23-14(9)15(21)22/h5-7,15H,4H2,1-3H3. The SMILES string of the molecule is CON(C(=O)c1cn(C)nc1C(F)F)C(C)Cc1c(Cl)cc(F)c(Cl)c1Cl. The summed E-state index contributed by atoms with van der Waals surface area (Å²) in [5, 5.41) is 4.13. The molecule has 0 radical (unpaired) electrons. The summed E-state index contributed by atoms with van der Waals surface area (Å²) >= 11 is 17.9. The molecule has 5 nitrogen and oxygen atoms in total. The van der Waals surface area contributed by atoms with Gasteiger partial charge in [-0.3, -0.25) is 14.3 Å². The summed E-state index contributed by atoms with van der Waals surface area (Å²) in [5.74, 6) is -1.59. The van der Waals surface area contributed by atoms with Crippen molar-refractivity contribution in [2.24, 2.45) is 7.05 Å². The van der Waals surface area contributed by atoms with Gasteiger partial charge < -0.3 is 0 Å². The third kappa shape index (κ3) is 4.51. The zero-order valence-electron chi connectivity index (χ0n) is 14.4. The summed E-state index contributed by atoms with van der Waals surface area (Å²) in [5.41, 5.74) is -0.652. The Labute approximate surface area is 168 Å². The number of alkyl halides is 2. The third-order valence-corrected chi connectivity index (χ3v) is 5.02. The predicted molar refractivity (Wildman–Crippen MR) is 95.9 cm³/mol. The van der Waals surface area contributed by atoms with E-state index in [1.807, 2.05) is 0 Å². The first-order valence-electron chi connectivity index (χ1n) is 7.59. The van der Waals surface area contributed by atoms with Crippen LogP contribution in [0.1, 0.15) is 35.0 Å². The Morgan fingerprint density at radius 1 is 1.33 bits per heavy atom. The fourth-order valence-electron chi connectivity index (χ4n) is 2.58. The minimum Gasteiger partial charge on any atom is -0.275 e. The molecule has 1 heterocycles. The van der Waals surface area contributed by atoms with E-state index in [0.717, 1.165) is 15.8 Å². The number of aryl methyl sites for hydroxylation is 1. The number of amides is 1. The Hall–Kier alpha value is -1.48. The molecule has 0 spiro atoms. The van der Waals surface area contributed by atoms with E-state index >= 15 is 0 Å². The van der Waals surface area contributed by atoms with Crippen LogP contribution in [0, 0.1) is 5.82 Å². The molecule has 1 unspecified atom stereocenters. The molecule has 1 aromatic carbocycles. The monoisotopic (exact) mass is 443 g/mol. The van der Waals surface area contributed by atoms with Crippen LogP contribution < -0.4 is 0 Å². The molecule has 0 saturated heterocycles. The normalized spacial score (nSPS) is 12.5. The van der Waals surface area contributed by atoms with Crippen LogP contribution in [-0.2, 0) is 18.3 Å². The summed E-state index contributed by atoms with van der Waals surface area (Å²) in [4.78, 5) is 17.8. The molecule has 1 atom stereocenters. The molecule has 0 bridgehead atoms. The van der Waals surface area contributed by atoms with Crippen LogP contribution in [0.3, 0.4) is 0 Å². The van der Waals surface area contributed by atoms with Crippen LogP contribution in [0.25, 0.3) is 0 Å². The van der Waals surface area contributed by atoms with E-state index < -0.39 is 29.9 Å². The average molecular weight is 445 g/mol. The summed E-state index contributed by atoms with van der Waals surface area (Å²) in [6.45, 7) is 1.59. The molecule has 0 aliphatic heterocycles. The second-order valence-corrected chi connectivity index (χ2v) is 6.88. The fraction of sp³-hybridized carbons (Fsp3) is 0.375. The minimum atomic E-state index is -2.93. The predicted octanol–water partition coefficient (Wildman–Crippen LogP) is 5.09. The highest BCUT2D eigenvalue weighted by Gasteiger charge is 2.30. The average Bonchev–Trinajstić information content (AvgIpc) is 2.99. The van der Waals surface area contributed by atoms with Gasteiger partial charge in [0.05, 0.1) is 28.8 Å². The molecular weight excluding hydrogens is 430 g/mol. The van der Waals surface area contributed by atoms with Gasteiger partial charge in [0.25, 0.3) is 12.3 Å². The molecule has 0 fully saturated rings. The van der Waals surface area contributed by atoms with Gasteiger partial charge in [-0.1, -0.05) is 34.8 Å². The van der Waals surface area contributed by atoms with E-state index in [1.54, 1.807) is 6.92 Å². The molecule has 148 valence electrons. The van der Waals surface area contributed by atoms with Crippen LogP contribution >= 0.6 is 34.8 Å². The number of hydroxylamine groups is 2. The van der Waals surface area contributed by atoms with Gasteiger partial charge in [0.1, 0.15) is 11.5 Å². The number of benzene rings is 1. The molecule has 0 aliphatic rings. The Morgan fingerprint density at radius 3 is 2.52 bits per heavy atom. The first-order valence-corrected chi connectivity index (χ1v) is 8.73. The third-order valence-electron chi connectivity index (χ3n) is 3.80. The number of rotatable bonds is 6. The fourth-order valence-corrected chi connectivity index (χ4v) is 3.34. The molecular formula is C16H15Cl3F3N3O2. The quantitative estimate of drug-likeness (QED) is 0.354. The number of halogens is 6. The summed E-state index contributed by atoms with van der Waals surface area (Å²) < 4.78 is 41.0. The molecule has 1 amide bonds. The van der Waals surface area contributed by atoms with E-state index in [0.29, 0.717) is 5.56 Å². The highest BCUT2D eigenvalue weighted by molar-refractivity contribution is 6.44. The first kappa shape index (κ1) is 21.8. The molecule has 11 heteroatoms. The number of carbonyl (C=O) groups excluding carboxylic acids is 1. The van der Waals surface area contributed by atoms with E-state index in [1.165, 1.54) is 20.4 Å². The number of aromatic nitrogens is 2. The molecule has 0 saturated carbocycles. The number of nitrogens with zero attached hydrogens (tertiary/aromatic N) is 3. The van der Waals surface area contributed by atoms with E-state index in [4.69, 9.17) is 39.6 Å². The van der Waals surface area contributed by atoms with E-state index in [2.05, 4.69) is 5.10 Å². The van der Waals surface area contributed by atoms with Gasteiger partial charge in [-0.2, -0.15) is 5.10 Å². The lowest BCUT2D eigenvalue weighted by molar-refractivity contribution is -0.119. The van der Waals surface area contributed by atoms with E-state index in [-0.39, 0.29) is 27.1 Å². The molecule has 0 N–H and O–H groups in total. The van der Waals surface area contributed by atoms with Crippen molar-refractivity contribution in [2.75, 3.05) is 7.11 Å². The van der Waals surface area contributed by atoms with Crippen molar-refractivity contribution in [1.82, 2.24) is 14.8 Å². The maximum atomic E-state index is 13.6. The molecule has 2 rings (SSSR count). The highest BCUT2D eigenvalue weighted by Crippen LogP contribution is 2.35. The van der Waals surface area contributed by atoms with Gasteiger partial charge in [0, 0.05) is 18.3 Å². The van der Waals surface area contributed by atoms with Crippen LogP contribution in [0.15, 0.2) is 12.3 Å². The van der Waals surface area contributed by atoms with Crippen molar-refractivity contribution in [3.8, 4) is 0 Å². The van der Waals surface area contributed by atoms with Gasteiger partial charge in [-0.25, -0.2) is 18.2 Å².